The topological polar surface area (TPSA) is 114 Å². The van der Waals surface area contributed by atoms with Gasteiger partial charge in [0.1, 0.15) is 0 Å². The van der Waals surface area contributed by atoms with Gasteiger partial charge in [-0.25, -0.2) is 14.5 Å². The Morgan fingerprint density at radius 2 is 1.90 bits per heavy atom. The number of nitrogens with one attached hydrogen (secondary N) is 2. The lowest BCUT2D eigenvalue weighted by Crippen LogP contribution is -2.16. The van der Waals surface area contributed by atoms with Crippen molar-refractivity contribution >= 4 is 39.7 Å². The second kappa shape index (κ2) is 7.76. The van der Waals surface area contributed by atoms with Gasteiger partial charge in [-0.15, -0.1) is 16.4 Å². The van der Waals surface area contributed by atoms with Crippen LogP contribution < -0.4 is 10.6 Å². The molecule has 29 heavy (non-hydrogen) atoms. The molecule has 0 saturated carbocycles. The molecule has 4 rings (SSSR count). The number of hydrogen-bond acceptors (Lipinski definition) is 7. The lowest BCUT2D eigenvalue weighted by molar-refractivity contribution is -0.115. The van der Waals surface area contributed by atoms with Crippen LogP contribution in [-0.2, 0) is 11.2 Å². The van der Waals surface area contributed by atoms with Crippen molar-refractivity contribution in [2.24, 2.45) is 0 Å². The van der Waals surface area contributed by atoms with Gasteiger partial charge < -0.3 is 5.32 Å². The lowest BCUT2D eigenvalue weighted by atomic mass is 10.2. The van der Waals surface area contributed by atoms with E-state index in [1.807, 2.05) is 19.9 Å². The molecule has 0 unspecified atom stereocenters. The van der Waals surface area contributed by atoms with Crippen LogP contribution in [0.2, 0.25) is 0 Å². The van der Waals surface area contributed by atoms with Crippen LogP contribution in [0.4, 0.5) is 10.8 Å². The Balaban J connectivity index is 1.39. The molecular weight excluding hydrogens is 390 g/mol. The van der Waals surface area contributed by atoms with Gasteiger partial charge in [0, 0.05) is 34.2 Å². The summed E-state index contributed by atoms with van der Waals surface area (Å²) in [5, 5.41) is 12.1. The van der Waals surface area contributed by atoms with E-state index < -0.39 is 0 Å². The highest BCUT2D eigenvalue weighted by molar-refractivity contribution is 7.13. The molecule has 2 amide bonds. The first-order valence-electron chi connectivity index (χ1n) is 8.78. The van der Waals surface area contributed by atoms with E-state index in [0.29, 0.717) is 28.0 Å². The van der Waals surface area contributed by atoms with Gasteiger partial charge in [-0.05, 0) is 44.2 Å². The average Bonchev–Trinajstić information content (AvgIpc) is 3.31. The maximum Gasteiger partial charge on any atom is 0.257 e. The number of aromatic nitrogens is 5. The zero-order valence-corrected chi connectivity index (χ0v) is 16.5. The summed E-state index contributed by atoms with van der Waals surface area (Å²) < 4.78 is 1.62. The van der Waals surface area contributed by atoms with Crippen molar-refractivity contribution in [3.8, 4) is 0 Å². The zero-order valence-electron chi connectivity index (χ0n) is 15.7. The molecule has 0 spiro atoms. The first-order chi connectivity index (χ1) is 14.0. The van der Waals surface area contributed by atoms with Gasteiger partial charge in [0.25, 0.3) is 11.7 Å². The second-order valence-electron chi connectivity index (χ2n) is 6.37. The summed E-state index contributed by atoms with van der Waals surface area (Å²) in [5.41, 5.74) is 2.79. The smallest absolute Gasteiger partial charge is 0.257 e. The molecule has 0 atom stereocenters. The molecule has 0 aliphatic carbocycles. The summed E-state index contributed by atoms with van der Waals surface area (Å²) in [6.45, 7) is 3.79. The van der Waals surface area contributed by atoms with Gasteiger partial charge in [0.15, 0.2) is 11.0 Å². The van der Waals surface area contributed by atoms with Crippen molar-refractivity contribution in [1.82, 2.24) is 24.6 Å². The van der Waals surface area contributed by atoms with Gasteiger partial charge in [0.2, 0.25) is 5.91 Å². The van der Waals surface area contributed by atoms with Gasteiger partial charge in [-0.1, -0.05) is 0 Å². The van der Waals surface area contributed by atoms with E-state index in [9.17, 15) is 9.59 Å². The van der Waals surface area contributed by atoms with Crippen LogP contribution in [-0.4, -0.2) is 36.4 Å². The Morgan fingerprint density at radius 1 is 1.10 bits per heavy atom. The maximum absolute atomic E-state index is 12.3. The summed E-state index contributed by atoms with van der Waals surface area (Å²) in [6, 6.07) is 8.51. The quantitative estimate of drug-likeness (QED) is 0.526. The fourth-order valence-corrected chi connectivity index (χ4v) is 3.31. The predicted octanol–water partition coefficient (Wildman–Crippen LogP) is 2.63. The predicted molar refractivity (Wildman–Crippen MR) is 109 cm³/mol. The molecule has 3 heterocycles. The van der Waals surface area contributed by atoms with E-state index >= 15 is 0 Å². The number of anilines is 2. The third kappa shape index (κ3) is 4.27. The minimum atomic E-state index is -0.259. The molecule has 0 aliphatic heterocycles. The van der Waals surface area contributed by atoms with Crippen LogP contribution in [0.25, 0.3) is 5.78 Å². The van der Waals surface area contributed by atoms with Crippen molar-refractivity contribution in [3.63, 3.8) is 0 Å². The normalized spacial score (nSPS) is 10.8. The van der Waals surface area contributed by atoms with E-state index in [0.717, 1.165) is 11.4 Å². The monoisotopic (exact) mass is 407 g/mol. The summed E-state index contributed by atoms with van der Waals surface area (Å²) in [4.78, 5) is 37.1. The maximum atomic E-state index is 12.3. The standard InChI is InChI=1S/C19H17N7O2S/c1-11-9-12(2)26-18(21-11)23-15(25-26)10-16(27)22-14-5-3-13(4-6-14)17(28)24-19-20-7-8-29-19/h3-9H,10H2,1-2H3,(H,22,27)(H,20,24,28). The van der Waals surface area contributed by atoms with Crippen molar-refractivity contribution in [2.45, 2.75) is 20.3 Å². The van der Waals surface area contributed by atoms with E-state index in [4.69, 9.17) is 0 Å². The summed E-state index contributed by atoms with van der Waals surface area (Å²) in [7, 11) is 0. The molecule has 0 fully saturated rings. The molecule has 3 aromatic heterocycles. The second-order valence-corrected chi connectivity index (χ2v) is 7.27. The van der Waals surface area contributed by atoms with Gasteiger partial charge in [0.05, 0.1) is 6.42 Å². The number of hydrogen-bond donors (Lipinski definition) is 2. The Labute approximate surface area is 169 Å². The highest BCUT2D eigenvalue weighted by Crippen LogP contribution is 2.15. The highest BCUT2D eigenvalue weighted by Gasteiger charge is 2.13. The first kappa shape index (κ1) is 18.7. The van der Waals surface area contributed by atoms with Crippen molar-refractivity contribution < 1.29 is 9.59 Å². The molecule has 2 N–H and O–H groups in total. The number of thiazole rings is 1. The zero-order chi connectivity index (χ0) is 20.4. The van der Waals surface area contributed by atoms with Crippen LogP contribution in [0.1, 0.15) is 27.6 Å². The number of rotatable bonds is 5. The van der Waals surface area contributed by atoms with Crippen LogP contribution in [0.15, 0.2) is 41.9 Å². The number of nitrogens with zero attached hydrogens (tertiary/aromatic N) is 5. The number of aryl methyl sites for hydroxylation is 2. The van der Waals surface area contributed by atoms with Crippen molar-refractivity contribution in [2.75, 3.05) is 10.6 Å². The first-order valence-corrected chi connectivity index (χ1v) is 9.66. The molecule has 0 aliphatic rings. The van der Waals surface area contributed by atoms with E-state index in [2.05, 4.69) is 30.7 Å². The fraction of sp³-hybridized carbons (Fsp3) is 0.158. The summed E-state index contributed by atoms with van der Waals surface area (Å²) >= 11 is 1.34. The van der Waals surface area contributed by atoms with Crippen molar-refractivity contribution in [3.05, 3.63) is 64.7 Å². The van der Waals surface area contributed by atoms with Crippen LogP contribution in [0.5, 0.6) is 0 Å². The molecule has 9 nitrogen and oxygen atoms in total. The molecule has 1 aromatic carbocycles. The van der Waals surface area contributed by atoms with Crippen LogP contribution >= 0.6 is 11.3 Å². The highest BCUT2D eigenvalue weighted by atomic mass is 32.1. The van der Waals surface area contributed by atoms with E-state index in [1.54, 1.807) is 40.4 Å². The lowest BCUT2D eigenvalue weighted by Gasteiger charge is -2.05. The Kier molecular flexibility index (Phi) is 5.00. The number of benzene rings is 1. The van der Waals surface area contributed by atoms with Crippen molar-refractivity contribution in [1.29, 1.82) is 0 Å². The molecule has 4 aromatic rings. The largest absolute Gasteiger partial charge is 0.326 e. The molecule has 146 valence electrons. The summed E-state index contributed by atoms with van der Waals surface area (Å²) in [5.74, 6) is 0.351. The Morgan fingerprint density at radius 3 is 2.62 bits per heavy atom. The molecule has 10 heteroatoms. The average molecular weight is 407 g/mol. The molecular formula is C19H17N7O2S. The number of carbonyl (C=O) groups excluding carboxylic acids is 2. The molecule has 0 bridgehead atoms. The van der Waals surface area contributed by atoms with E-state index in [1.165, 1.54) is 11.3 Å². The molecule has 0 radical (unpaired) electrons. The van der Waals surface area contributed by atoms with Gasteiger partial charge in [-0.3, -0.25) is 14.9 Å². The van der Waals surface area contributed by atoms with E-state index in [-0.39, 0.29) is 18.2 Å². The van der Waals surface area contributed by atoms with Gasteiger partial charge in [-0.2, -0.15) is 4.98 Å². The SMILES string of the molecule is Cc1cc(C)n2nc(CC(=O)Nc3ccc(C(=O)Nc4nccs4)cc3)nc2n1. The van der Waals surface area contributed by atoms with Crippen LogP contribution in [0.3, 0.4) is 0 Å². The number of carbonyl (C=O) groups is 2. The third-order valence-corrected chi connectivity index (χ3v) is 4.75. The summed E-state index contributed by atoms with van der Waals surface area (Å²) in [6.07, 6.45) is 1.64. The number of fused-ring (bicyclic) bond motifs is 1. The Hall–Kier alpha value is -3.66. The third-order valence-electron chi connectivity index (χ3n) is 4.06. The fourth-order valence-electron chi connectivity index (χ4n) is 2.79. The minimum absolute atomic E-state index is 0.0220. The molecule has 0 saturated heterocycles. The Bertz CT molecular complexity index is 1180. The minimum Gasteiger partial charge on any atom is -0.326 e. The van der Waals surface area contributed by atoms with Gasteiger partial charge >= 0.3 is 0 Å². The number of amides is 2. The van der Waals surface area contributed by atoms with Crippen LogP contribution in [0, 0.1) is 13.8 Å².